The van der Waals surface area contributed by atoms with Gasteiger partial charge in [-0.05, 0) is 30.7 Å². The third-order valence-electron chi connectivity index (χ3n) is 3.09. The maximum absolute atomic E-state index is 10.1. The lowest BCUT2D eigenvalue weighted by atomic mass is 10.2. The SMILES string of the molecule is Cc1c(Cl)ccnc1CSc1nc2ccccc2n1O. The summed E-state index contributed by atoms with van der Waals surface area (Å²) in [5.41, 5.74) is 3.33. The summed E-state index contributed by atoms with van der Waals surface area (Å²) in [5, 5.41) is 11.3. The molecule has 0 atom stereocenters. The molecule has 0 amide bonds. The zero-order chi connectivity index (χ0) is 14.1. The lowest BCUT2D eigenvalue weighted by Gasteiger charge is -2.05. The fourth-order valence-corrected chi connectivity index (χ4v) is 3.02. The minimum atomic E-state index is 0.548. The summed E-state index contributed by atoms with van der Waals surface area (Å²) in [6.07, 6.45) is 1.69. The average molecular weight is 306 g/mol. The zero-order valence-corrected chi connectivity index (χ0v) is 12.3. The smallest absolute Gasteiger partial charge is 0.204 e. The maximum Gasteiger partial charge on any atom is 0.204 e. The van der Waals surface area contributed by atoms with E-state index in [1.54, 1.807) is 12.3 Å². The van der Waals surface area contributed by atoms with Crippen molar-refractivity contribution in [3.05, 3.63) is 52.8 Å². The highest BCUT2D eigenvalue weighted by Crippen LogP contribution is 2.27. The van der Waals surface area contributed by atoms with Crippen LogP contribution in [0.15, 0.2) is 41.7 Å². The van der Waals surface area contributed by atoms with Gasteiger partial charge in [-0.15, -0.1) is 0 Å². The van der Waals surface area contributed by atoms with Gasteiger partial charge in [0.1, 0.15) is 5.52 Å². The molecule has 0 bridgehead atoms. The van der Waals surface area contributed by atoms with E-state index in [-0.39, 0.29) is 0 Å². The van der Waals surface area contributed by atoms with Crippen molar-refractivity contribution >= 4 is 34.4 Å². The molecule has 3 rings (SSSR count). The Morgan fingerprint density at radius 1 is 1.30 bits per heavy atom. The van der Waals surface area contributed by atoms with E-state index in [0.717, 1.165) is 21.5 Å². The lowest BCUT2D eigenvalue weighted by Crippen LogP contribution is -1.96. The summed E-state index contributed by atoms with van der Waals surface area (Å²) in [4.78, 5) is 8.71. The van der Waals surface area contributed by atoms with Crippen LogP contribution in [0, 0.1) is 6.92 Å². The quantitative estimate of drug-likeness (QED) is 0.588. The Morgan fingerprint density at radius 3 is 2.90 bits per heavy atom. The van der Waals surface area contributed by atoms with E-state index in [4.69, 9.17) is 11.6 Å². The molecule has 0 unspecified atom stereocenters. The first-order valence-electron chi connectivity index (χ1n) is 6.06. The molecule has 0 aliphatic rings. The first-order valence-corrected chi connectivity index (χ1v) is 7.42. The van der Waals surface area contributed by atoms with Gasteiger partial charge in [0.2, 0.25) is 5.16 Å². The van der Waals surface area contributed by atoms with E-state index in [1.165, 1.54) is 11.8 Å². The molecule has 0 aliphatic heterocycles. The van der Waals surface area contributed by atoms with Crippen molar-refractivity contribution in [3.8, 4) is 0 Å². The Morgan fingerprint density at radius 2 is 2.10 bits per heavy atom. The molecule has 102 valence electrons. The van der Waals surface area contributed by atoms with Crippen molar-refractivity contribution in [2.75, 3.05) is 0 Å². The molecule has 3 aromatic rings. The van der Waals surface area contributed by atoms with E-state index < -0.39 is 0 Å². The fraction of sp³-hybridized carbons (Fsp3) is 0.143. The number of thioether (sulfide) groups is 1. The third kappa shape index (κ3) is 2.34. The number of aromatic nitrogens is 3. The van der Waals surface area contributed by atoms with Crippen LogP contribution in [0.2, 0.25) is 5.02 Å². The van der Waals surface area contributed by atoms with Crippen LogP contribution >= 0.6 is 23.4 Å². The van der Waals surface area contributed by atoms with Crippen molar-refractivity contribution < 1.29 is 5.21 Å². The molecule has 0 saturated carbocycles. The summed E-state index contributed by atoms with van der Waals surface area (Å²) in [5.74, 6) is 0.607. The molecule has 0 fully saturated rings. The highest BCUT2D eigenvalue weighted by Gasteiger charge is 2.11. The number of pyridine rings is 1. The van der Waals surface area contributed by atoms with Gasteiger partial charge in [0, 0.05) is 17.0 Å². The number of nitrogens with zero attached hydrogens (tertiary/aromatic N) is 3. The Labute approximate surface area is 125 Å². The molecule has 2 heterocycles. The molecule has 4 nitrogen and oxygen atoms in total. The number of hydrogen-bond acceptors (Lipinski definition) is 4. The summed E-state index contributed by atoms with van der Waals surface area (Å²) < 4.78 is 1.11. The monoisotopic (exact) mass is 305 g/mol. The highest BCUT2D eigenvalue weighted by molar-refractivity contribution is 7.98. The van der Waals surface area contributed by atoms with Gasteiger partial charge in [-0.3, -0.25) is 4.98 Å². The van der Waals surface area contributed by atoms with E-state index in [2.05, 4.69) is 9.97 Å². The normalized spacial score (nSPS) is 11.1. The van der Waals surface area contributed by atoms with Crippen molar-refractivity contribution in [3.63, 3.8) is 0 Å². The minimum Gasteiger partial charge on any atom is -0.426 e. The summed E-state index contributed by atoms with van der Waals surface area (Å²) in [7, 11) is 0. The molecule has 20 heavy (non-hydrogen) atoms. The molecule has 0 spiro atoms. The Hall–Kier alpha value is -1.72. The summed E-state index contributed by atoms with van der Waals surface area (Å²) >= 11 is 7.50. The molecule has 6 heteroatoms. The number of hydrogen-bond donors (Lipinski definition) is 1. The zero-order valence-electron chi connectivity index (χ0n) is 10.7. The Balaban J connectivity index is 1.87. The van der Waals surface area contributed by atoms with Crippen molar-refractivity contribution in [2.45, 2.75) is 17.8 Å². The van der Waals surface area contributed by atoms with Gasteiger partial charge >= 0.3 is 0 Å². The van der Waals surface area contributed by atoms with Gasteiger partial charge in [0.25, 0.3) is 0 Å². The number of fused-ring (bicyclic) bond motifs is 1. The number of rotatable bonds is 3. The molecule has 0 saturated heterocycles. The van der Waals surface area contributed by atoms with E-state index in [0.29, 0.717) is 21.4 Å². The fourth-order valence-electron chi connectivity index (χ4n) is 1.92. The minimum absolute atomic E-state index is 0.548. The molecule has 1 N–H and O–H groups in total. The lowest BCUT2D eigenvalue weighted by molar-refractivity contribution is 0.172. The van der Waals surface area contributed by atoms with Crippen LogP contribution < -0.4 is 0 Å². The van der Waals surface area contributed by atoms with Crippen LogP contribution in [-0.4, -0.2) is 19.9 Å². The standard InChI is InChI=1S/C14H12ClN3OS/c1-9-10(15)6-7-16-12(9)8-20-14-17-11-4-2-3-5-13(11)18(14)19/h2-7,19H,8H2,1H3. The second kappa shape index (κ2) is 5.34. The van der Waals surface area contributed by atoms with Gasteiger partial charge in [-0.1, -0.05) is 35.5 Å². The Kier molecular flexibility index (Phi) is 3.54. The van der Waals surface area contributed by atoms with E-state index in [9.17, 15) is 5.21 Å². The van der Waals surface area contributed by atoms with E-state index >= 15 is 0 Å². The maximum atomic E-state index is 10.1. The first kappa shape index (κ1) is 13.3. The van der Waals surface area contributed by atoms with Crippen LogP contribution in [0.3, 0.4) is 0 Å². The van der Waals surface area contributed by atoms with Gasteiger partial charge < -0.3 is 5.21 Å². The predicted octanol–water partition coefficient (Wildman–Crippen LogP) is 3.92. The number of benzene rings is 1. The number of halogens is 1. The van der Waals surface area contributed by atoms with Crippen LogP contribution in [0.4, 0.5) is 0 Å². The van der Waals surface area contributed by atoms with Crippen molar-refractivity contribution in [1.29, 1.82) is 0 Å². The molecular weight excluding hydrogens is 294 g/mol. The molecule has 0 radical (unpaired) electrons. The van der Waals surface area contributed by atoms with Crippen LogP contribution in [0.5, 0.6) is 0 Å². The average Bonchev–Trinajstić information content (AvgIpc) is 2.78. The molecule has 0 aliphatic carbocycles. The topological polar surface area (TPSA) is 50.9 Å². The number of imidazole rings is 1. The van der Waals surface area contributed by atoms with Crippen molar-refractivity contribution in [2.24, 2.45) is 0 Å². The van der Waals surface area contributed by atoms with Gasteiger partial charge in [0.15, 0.2) is 0 Å². The predicted molar refractivity (Wildman–Crippen MR) is 80.5 cm³/mol. The molecule has 2 aromatic heterocycles. The third-order valence-corrected chi connectivity index (χ3v) is 4.44. The van der Waals surface area contributed by atoms with Crippen molar-refractivity contribution in [1.82, 2.24) is 14.7 Å². The Bertz CT molecular complexity index is 772. The van der Waals surface area contributed by atoms with E-state index in [1.807, 2.05) is 31.2 Å². The molecule has 1 aromatic carbocycles. The van der Waals surface area contributed by atoms with Crippen LogP contribution in [-0.2, 0) is 5.75 Å². The van der Waals surface area contributed by atoms with Crippen LogP contribution in [0.1, 0.15) is 11.3 Å². The number of para-hydroxylation sites is 2. The largest absolute Gasteiger partial charge is 0.426 e. The second-order valence-electron chi connectivity index (χ2n) is 4.35. The summed E-state index contributed by atoms with van der Waals surface area (Å²) in [6.45, 7) is 1.94. The van der Waals surface area contributed by atoms with Gasteiger partial charge in [-0.2, -0.15) is 4.73 Å². The second-order valence-corrected chi connectivity index (χ2v) is 5.70. The molecular formula is C14H12ClN3OS. The van der Waals surface area contributed by atoms with Gasteiger partial charge in [0.05, 0.1) is 11.2 Å². The summed E-state index contributed by atoms with van der Waals surface area (Å²) in [6, 6.07) is 9.23. The van der Waals surface area contributed by atoms with Crippen LogP contribution in [0.25, 0.3) is 11.0 Å². The highest BCUT2D eigenvalue weighted by atomic mass is 35.5. The van der Waals surface area contributed by atoms with Gasteiger partial charge in [-0.25, -0.2) is 4.98 Å². The first-order chi connectivity index (χ1) is 9.66.